The standard InChI is InChI=1S/C25H31N5O3/c1-3-32-25-21(14-22(26)17(2)28-25)24(31)27-15-18-9-11-30(12-10-18)16-20-13-23(29-33-20)19-7-5-4-6-8-19/h4-8,13-14,18H,3,9-12,15-16,26H2,1-2H3,(H,27,31). The number of nitrogens with one attached hydrogen (secondary N) is 1. The van der Waals surface area contributed by atoms with Gasteiger partial charge in [0.15, 0.2) is 5.76 Å². The first kappa shape index (κ1) is 22.8. The topological polar surface area (TPSA) is 107 Å². The van der Waals surface area contributed by atoms with Crippen LogP contribution in [0.25, 0.3) is 11.3 Å². The third kappa shape index (κ3) is 5.70. The van der Waals surface area contributed by atoms with Crippen LogP contribution in [0.15, 0.2) is 47.0 Å². The number of benzene rings is 1. The molecule has 0 atom stereocenters. The Morgan fingerprint density at radius 2 is 2.00 bits per heavy atom. The Morgan fingerprint density at radius 1 is 1.24 bits per heavy atom. The normalized spacial score (nSPS) is 14.8. The van der Waals surface area contributed by atoms with Crippen LogP contribution in [0.2, 0.25) is 0 Å². The van der Waals surface area contributed by atoms with Crippen LogP contribution in [-0.2, 0) is 6.54 Å². The molecule has 0 spiro atoms. The molecule has 8 nitrogen and oxygen atoms in total. The second-order valence-electron chi connectivity index (χ2n) is 8.42. The molecule has 3 aromatic rings. The summed E-state index contributed by atoms with van der Waals surface area (Å²) < 4.78 is 11.1. The summed E-state index contributed by atoms with van der Waals surface area (Å²) in [5.74, 6) is 1.42. The Balaban J connectivity index is 1.26. The van der Waals surface area contributed by atoms with Gasteiger partial charge in [-0.2, -0.15) is 0 Å². The van der Waals surface area contributed by atoms with Crippen molar-refractivity contribution < 1.29 is 14.1 Å². The number of aryl methyl sites for hydroxylation is 1. The first-order chi connectivity index (χ1) is 16.0. The predicted octanol–water partition coefficient (Wildman–Crippen LogP) is 3.67. The van der Waals surface area contributed by atoms with Gasteiger partial charge in [0.05, 0.1) is 24.5 Å². The number of likely N-dealkylation sites (tertiary alicyclic amines) is 1. The minimum atomic E-state index is -0.199. The van der Waals surface area contributed by atoms with Crippen molar-refractivity contribution in [3.8, 4) is 17.1 Å². The summed E-state index contributed by atoms with van der Waals surface area (Å²) in [5.41, 5.74) is 9.41. The van der Waals surface area contributed by atoms with E-state index >= 15 is 0 Å². The Labute approximate surface area is 194 Å². The van der Waals surface area contributed by atoms with Gasteiger partial charge in [-0.3, -0.25) is 9.69 Å². The highest BCUT2D eigenvalue weighted by atomic mass is 16.5. The zero-order valence-electron chi connectivity index (χ0n) is 19.2. The second-order valence-corrected chi connectivity index (χ2v) is 8.42. The molecular formula is C25H31N5O3. The molecule has 1 aromatic carbocycles. The molecule has 3 heterocycles. The van der Waals surface area contributed by atoms with Crippen molar-refractivity contribution in [2.75, 3.05) is 32.0 Å². The van der Waals surface area contributed by atoms with E-state index in [0.29, 0.717) is 41.9 Å². The minimum Gasteiger partial charge on any atom is -0.477 e. The van der Waals surface area contributed by atoms with Crippen molar-refractivity contribution in [3.05, 3.63) is 59.5 Å². The quantitative estimate of drug-likeness (QED) is 0.540. The molecule has 8 heteroatoms. The number of nitrogen functional groups attached to an aromatic ring is 1. The highest BCUT2D eigenvalue weighted by molar-refractivity contribution is 5.97. The lowest BCUT2D eigenvalue weighted by atomic mass is 9.96. The van der Waals surface area contributed by atoms with E-state index in [-0.39, 0.29) is 5.91 Å². The van der Waals surface area contributed by atoms with Crippen LogP contribution in [0.5, 0.6) is 5.88 Å². The van der Waals surface area contributed by atoms with Crippen LogP contribution >= 0.6 is 0 Å². The number of aromatic nitrogens is 2. The average Bonchev–Trinajstić information content (AvgIpc) is 3.30. The summed E-state index contributed by atoms with van der Waals surface area (Å²) in [6, 6.07) is 13.7. The fraction of sp³-hybridized carbons (Fsp3) is 0.400. The molecule has 1 saturated heterocycles. The maximum atomic E-state index is 12.8. The summed E-state index contributed by atoms with van der Waals surface area (Å²) in [6.45, 7) is 7.36. The third-order valence-corrected chi connectivity index (χ3v) is 6.01. The molecular weight excluding hydrogens is 418 g/mol. The molecule has 1 fully saturated rings. The van der Waals surface area contributed by atoms with Crippen LogP contribution in [0, 0.1) is 12.8 Å². The van der Waals surface area contributed by atoms with Gasteiger partial charge in [0.25, 0.3) is 5.91 Å². The monoisotopic (exact) mass is 449 g/mol. The summed E-state index contributed by atoms with van der Waals surface area (Å²) >= 11 is 0. The molecule has 0 radical (unpaired) electrons. The van der Waals surface area contributed by atoms with Gasteiger partial charge in [0.1, 0.15) is 11.3 Å². The Morgan fingerprint density at radius 3 is 2.73 bits per heavy atom. The van der Waals surface area contributed by atoms with E-state index in [0.717, 1.165) is 49.5 Å². The van der Waals surface area contributed by atoms with Gasteiger partial charge < -0.3 is 20.3 Å². The number of carbonyl (C=O) groups excluding carboxylic acids is 1. The number of nitrogens with two attached hydrogens (primary N) is 1. The van der Waals surface area contributed by atoms with Crippen LogP contribution in [0.1, 0.15) is 41.6 Å². The van der Waals surface area contributed by atoms with Gasteiger partial charge in [-0.15, -0.1) is 0 Å². The smallest absolute Gasteiger partial charge is 0.256 e. The number of piperidine rings is 1. The Kier molecular flexibility index (Phi) is 7.24. The first-order valence-corrected chi connectivity index (χ1v) is 11.4. The zero-order chi connectivity index (χ0) is 23.2. The number of hydrogen-bond acceptors (Lipinski definition) is 7. The van der Waals surface area contributed by atoms with Crippen molar-refractivity contribution in [3.63, 3.8) is 0 Å². The molecule has 0 saturated carbocycles. The van der Waals surface area contributed by atoms with Gasteiger partial charge in [0.2, 0.25) is 5.88 Å². The number of pyridine rings is 1. The number of nitrogens with zero attached hydrogens (tertiary/aromatic N) is 3. The fourth-order valence-corrected chi connectivity index (χ4v) is 4.04. The lowest BCUT2D eigenvalue weighted by Gasteiger charge is -2.31. The van der Waals surface area contributed by atoms with Crippen molar-refractivity contribution in [1.82, 2.24) is 20.4 Å². The van der Waals surface area contributed by atoms with E-state index in [4.69, 9.17) is 15.0 Å². The maximum Gasteiger partial charge on any atom is 0.256 e. The summed E-state index contributed by atoms with van der Waals surface area (Å²) in [7, 11) is 0. The molecule has 1 amide bonds. The predicted molar refractivity (Wildman–Crippen MR) is 127 cm³/mol. The van der Waals surface area contributed by atoms with E-state index in [2.05, 4.69) is 20.4 Å². The molecule has 0 bridgehead atoms. The van der Waals surface area contributed by atoms with Crippen LogP contribution in [-0.4, -0.2) is 47.2 Å². The maximum absolute atomic E-state index is 12.8. The van der Waals surface area contributed by atoms with Crippen molar-refractivity contribution in [2.45, 2.75) is 33.2 Å². The van der Waals surface area contributed by atoms with Crippen LogP contribution < -0.4 is 15.8 Å². The molecule has 4 rings (SSSR count). The number of hydrogen-bond donors (Lipinski definition) is 2. The lowest BCUT2D eigenvalue weighted by molar-refractivity contribution is 0.0929. The third-order valence-electron chi connectivity index (χ3n) is 6.01. The molecule has 1 aliphatic rings. The molecule has 0 aliphatic carbocycles. The van der Waals surface area contributed by atoms with E-state index in [9.17, 15) is 4.79 Å². The van der Waals surface area contributed by atoms with Crippen LogP contribution in [0.4, 0.5) is 5.69 Å². The molecule has 1 aliphatic heterocycles. The van der Waals surface area contributed by atoms with E-state index in [1.54, 1.807) is 13.0 Å². The van der Waals surface area contributed by atoms with Gasteiger partial charge in [0, 0.05) is 18.2 Å². The number of anilines is 1. The average molecular weight is 450 g/mol. The minimum absolute atomic E-state index is 0.199. The number of carbonyl (C=O) groups is 1. The van der Waals surface area contributed by atoms with Crippen molar-refractivity contribution >= 4 is 11.6 Å². The fourth-order valence-electron chi connectivity index (χ4n) is 4.04. The van der Waals surface area contributed by atoms with Gasteiger partial charge in [-0.05, 0) is 51.8 Å². The molecule has 3 N–H and O–H groups in total. The summed E-state index contributed by atoms with van der Waals surface area (Å²) in [4.78, 5) is 19.4. The van der Waals surface area contributed by atoms with E-state index < -0.39 is 0 Å². The van der Waals surface area contributed by atoms with Crippen molar-refractivity contribution in [1.29, 1.82) is 0 Å². The lowest BCUT2D eigenvalue weighted by Crippen LogP contribution is -2.38. The molecule has 0 unspecified atom stereocenters. The van der Waals surface area contributed by atoms with E-state index in [1.807, 2.05) is 43.3 Å². The highest BCUT2D eigenvalue weighted by Crippen LogP contribution is 2.24. The van der Waals surface area contributed by atoms with E-state index in [1.165, 1.54) is 0 Å². The van der Waals surface area contributed by atoms with Crippen LogP contribution in [0.3, 0.4) is 0 Å². The number of ether oxygens (including phenoxy) is 1. The van der Waals surface area contributed by atoms with Gasteiger partial charge in [-0.1, -0.05) is 35.5 Å². The molecule has 174 valence electrons. The molecule has 33 heavy (non-hydrogen) atoms. The van der Waals surface area contributed by atoms with Crippen molar-refractivity contribution in [2.24, 2.45) is 5.92 Å². The summed E-state index contributed by atoms with van der Waals surface area (Å²) in [6.07, 6.45) is 2.01. The van der Waals surface area contributed by atoms with Gasteiger partial charge in [-0.25, -0.2) is 4.98 Å². The Bertz CT molecular complexity index is 1070. The molecule has 2 aromatic heterocycles. The van der Waals surface area contributed by atoms with Gasteiger partial charge >= 0.3 is 0 Å². The second kappa shape index (κ2) is 10.5. The highest BCUT2D eigenvalue weighted by Gasteiger charge is 2.22. The first-order valence-electron chi connectivity index (χ1n) is 11.4. The zero-order valence-corrected chi connectivity index (χ0v) is 19.2. The largest absolute Gasteiger partial charge is 0.477 e. The Hall–Kier alpha value is -3.39. The summed E-state index contributed by atoms with van der Waals surface area (Å²) in [5, 5.41) is 7.24. The number of amides is 1. The SMILES string of the molecule is CCOc1nc(C)c(N)cc1C(=O)NCC1CCN(Cc2cc(-c3ccccc3)no2)CC1. The number of rotatable bonds is 8.